The molecule has 0 spiro atoms. The van der Waals surface area contributed by atoms with Crippen molar-refractivity contribution in [3.05, 3.63) is 42.5 Å². The second kappa shape index (κ2) is 5.86. The van der Waals surface area contributed by atoms with Crippen LogP contribution in [0.1, 0.15) is 0 Å². The smallest absolute Gasteiger partial charge is 0.211 e. The van der Waals surface area contributed by atoms with E-state index >= 15 is 0 Å². The van der Waals surface area contributed by atoms with E-state index in [1.54, 1.807) is 17.0 Å². The summed E-state index contributed by atoms with van der Waals surface area (Å²) in [4.78, 5) is 9.76. The van der Waals surface area contributed by atoms with Gasteiger partial charge in [0.1, 0.15) is 12.0 Å². The van der Waals surface area contributed by atoms with Gasteiger partial charge in [0.15, 0.2) is 11.6 Å². The predicted molar refractivity (Wildman–Crippen MR) is 86.0 cm³/mol. The first-order chi connectivity index (χ1) is 10.9. The Morgan fingerprint density at radius 1 is 1.22 bits per heavy atom. The number of aromatic nitrogens is 2. The maximum atomic E-state index is 14.7. The van der Waals surface area contributed by atoms with Crippen molar-refractivity contribution in [1.82, 2.24) is 14.3 Å². The second-order valence-corrected chi connectivity index (χ2v) is 7.61. The number of sulfonamides is 1. The van der Waals surface area contributed by atoms with E-state index < -0.39 is 15.8 Å². The minimum Gasteiger partial charge on any atom is -0.351 e. The van der Waals surface area contributed by atoms with Gasteiger partial charge in [0, 0.05) is 25.7 Å². The SMILES string of the molecule is CN(C1CN(c2ncnc(-c3ccccc3)c2F)C1)S(C)(=O)=O. The molecule has 1 aliphatic heterocycles. The van der Waals surface area contributed by atoms with Gasteiger partial charge in [0.2, 0.25) is 10.0 Å². The topological polar surface area (TPSA) is 66.4 Å². The lowest BCUT2D eigenvalue weighted by atomic mass is 10.1. The molecule has 1 saturated heterocycles. The average molecular weight is 336 g/mol. The number of benzene rings is 1. The molecule has 0 bridgehead atoms. The fourth-order valence-electron chi connectivity index (χ4n) is 2.51. The van der Waals surface area contributed by atoms with E-state index in [4.69, 9.17) is 0 Å². The van der Waals surface area contributed by atoms with Crippen molar-refractivity contribution in [2.75, 3.05) is 31.3 Å². The van der Waals surface area contributed by atoms with Crippen molar-refractivity contribution in [1.29, 1.82) is 0 Å². The monoisotopic (exact) mass is 336 g/mol. The molecule has 122 valence electrons. The van der Waals surface area contributed by atoms with Crippen LogP contribution in [0, 0.1) is 5.82 Å². The van der Waals surface area contributed by atoms with Crippen molar-refractivity contribution >= 4 is 15.8 Å². The third-order valence-electron chi connectivity index (χ3n) is 4.02. The lowest BCUT2D eigenvalue weighted by molar-refractivity contribution is 0.309. The van der Waals surface area contributed by atoms with Crippen molar-refractivity contribution in [2.24, 2.45) is 0 Å². The zero-order chi connectivity index (χ0) is 16.6. The van der Waals surface area contributed by atoms with E-state index in [0.29, 0.717) is 18.7 Å². The Bertz CT molecular complexity index is 807. The largest absolute Gasteiger partial charge is 0.351 e. The first kappa shape index (κ1) is 15.8. The molecule has 2 aromatic rings. The van der Waals surface area contributed by atoms with Crippen molar-refractivity contribution < 1.29 is 12.8 Å². The van der Waals surface area contributed by atoms with Crippen molar-refractivity contribution in [3.8, 4) is 11.3 Å². The van der Waals surface area contributed by atoms with Gasteiger partial charge >= 0.3 is 0 Å². The van der Waals surface area contributed by atoms with E-state index in [0.717, 1.165) is 6.26 Å². The Morgan fingerprint density at radius 3 is 2.48 bits per heavy atom. The highest BCUT2D eigenvalue weighted by atomic mass is 32.2. The molecule has 0 atom stereocenters. The van der Waals surface area contributed by atoms with Crippen molar-refractivity contribution in [2.45, 2.75) is 6.04 Å². The molecule has 23 heavy (non-hydrogen) atoms. The highest BCUT2D eigenvalue weighted by Crippen LogP contribution is 2.29. The number of likely N-dealkylation sites (N-methyl/N-ethyl adjacent to an activating group) is 1. The van der Waals surface area contributed by atoms with Gasteiger partial charge in [-0.2, -0.15) is 4.31 Å². The minimum absolute atomic E-state index is 0.167. The summed E-state index contributed by atoms with van der Waals surface area (Å²) in [6.07, 6.45) is 2.49. The fraction of sp³-hybridized carbons (Fsp3) is 0.333. The molecule has 3 rings (SSSR count). The summed E-state index contributed by atoms with van der Waals surface area (Å²) in [6, 6.07) is 8.88. The lowest BCUT2D eigenvalue weighted by Crippen LogP contribution is -2.60. The predicted octanol–water partition coefficient (Wildman–Crippen LogP) is 1.36. The number of nitrogens with zero attached hydrogens (tertiary/aromatic N) is 4. The third kappa shape index (κ3) is 3.04. The van der Waals surface area contributed by atoms with Crippen LogP contribution in [-0.2, 0) is 10.0 Å². The molecular weight excluding hydrogens is 319 g/mol. The van der Waals surface area contributed by atoms with Crippen LogP contribution in [-0.4, -0.2) is 55.1 Å². The standard InChI is InChI=1S/C15H17FN4O2S/c1-19(23(2,21)22)12-8-20(9-12)15-13(16)14(17-10-18-15)11-6-4-3-5-7-11/h3-7,10,12H,8-9H2,1-2H3. The van der Waals surface area contributed by atoms with Crippen LogP contribution < -0.4 is 4.90 Å². The molecule has 0 amide bonds. The quantitative estimate of drug-likeness (QED) is 0.843. The van der Waals surface area contributed by atoms with Gasteiger partial charge in [-0.05, 0) is 0 Å². The van der Waals surface area contributed by atoms with Gasteiger partial charge in [-0.25, -0.2) is 22.8 Å². The Morgan fingerprint density at radius 2 is 1.87 bits per heavy atom. The first-order valence-electron chi connectivity index (χ1n) is 7.12. The molecule has 1 fully saturated rings. The van der Waals surface area contributed by atoms with Gasteiger partial charge in [-0.15, -0.1) is 0 Å². The van der Waals surface area contributed by atoms with Gasteiger partial charge in [0.25, 0.3) is 0 Å². The van der Waals surface area contributed by atoms with E-state index in [1.165, 1.54) is 17.7 Å². The molecule has 0 N–H and O–H groups in total. The van der Waals surface area contributed by atoms with Gasteiger partial charge in [-0.3, -0.25) is 0 Å². The summed E-state index contributed by atoms with van der Waals surface area (Å²) in [7, 11) is -1.72. The average Bonchev–Trinajstić information content (AvgIpc) is 2.47. The van der Waals surface area contributed by atoms with Crippen LogP contribution in [0.15, 0.2) is 36.7 Å². The van der Waals surface area contributed by atoms with Crippen LogP contribution in [0.4, 0.5) is 10.2 Å². The summed E-state index contributed by atoms with van der Waals surface area (Å²) in [5, 5.41) is 0. The number of rotatable bonds is 4. The van der Waals surface area contributed by atoms with E-state index in [-0.39, 0.29) is 17.6 Å². The molecule has 0 saturated carbocycles. The van der Waals surface area contributed by atoms with Gasteiger partial charge in [-0.1, -0.05) is 30.3 Å². The molecular formula is C15H17FN4O2S. The number of halogens is 1. The minimum atomic E-state index is -3.25. The highest BCUT2D eigenvalue weighted by molar-refractivity contribution is 7.88. The zero-order valence-corrected chi connectivity index (χ0v) is 13.7. The summed E-state index contributed by atoms with van der Waals surface area (Å²) >= 11 is 0. The molecule has 1 aromatic heterocycles. The maximum absolute atomic E-state index is 14.7. The summed E-state index contributed by atoms with van der Waals surface area (Å²) in [6.45, 7) is 0.817. The summed E-state index contributed by atoms with van der Waals surface area (Å²) in [5.41, 5.74) is 0.925. The Labute approximate surface area is 134 Å². The normalized spacial score (nSPS) is 15.7. The molecule has 2 heterocycles. The summed E-state index contributed by atoms with van der Waals surface area (Å²) in [5.74, 6) is -0.281. The van der Waals surface area contributed by atoms with Crippen LogP contribution >= 0.6 is 0 Å². The fourth-order valence-corrected chi connectivity index (χ4v) is 3.18. The van der Waals surface area contributed by atoms with E-state index in [9.17, 15) is 12.8 Å². The highest BCUT2D eigenvalue weighted by Gasteiger charge is 2.36. The van der Waals surface area contributed by atoms with Crippen LogP contribution in [0.2, 0.25) is 0 Å². The molecule has 8 heteroatoms. The van der Waals surface area contributed by atoms with Crippen LogP contribution in [0.3, 0.4) is 0 Å². The van der Waals surface area contributed by atoms with Crippen LogP contribution in [0.5, 0.6) is 0 Å². The summed E-state index contributed by atoms with van der Waals surface area (Å²) < 4.78 is 39.0. The molecule has 1 aromatic carbocycles. The second-order valence-electron chi connectivity index (χ2n) is 5.56. The Kier molecular flexibility index (Phi) is 4.03. The Balaban J connectivity index is 1.81. The molecule has 0 aliphatic carbocycles. The van der Waals surface area contributed by atoms with Crippen molar-refractivity contribution in [3.63, 3.8) is 0 Å². The van der Waals surface area contributed by atoms with Gasteiger partial charge in [0.05, 0.1) is 12.3 Å². The number of anilines is 1. The molecule has 0 unspecified atom stereocenters. The molecule has 6 nitrogen and oxygen atoms in total. The van der Waals surface area contributed by atoms with E-state index in [2.05, 4.69) is 9.97 Å². The number of hydrogen-bond donors (Lipinski definition) is 0. The first-order valence-corrected chi connectivity index (χ1v) is 8.96. The lowest BCUT2D eigenvalue weighted by Gasteiger charge is -2.43. The van der Waals surface area contributed by atoms with E-state index in [1.807, 2.05) is 18.2 Å². The Hall–Kier alpha value is -2.06. The molecule has 1 aliphatic rings. The van der Waals surface area contributed by atoms with Gasteiger partial charge < -0.3 is 4.90 Å². The molecule has 0 radical (unpaired) electrons. The zero-order valence-electron chi connectivity index (χ0n) is 12.8. The van der Waals surface area contributed by atoms with Crippen LogP contribution in [0.25, 0.3) is 11.3 Å². The maximum Gasteiger partial charge on any atom is 0.211 e. The third-order valence-corrected chi connectivity index (χ3v) is 5.36. The number of hydrogen-bond acceptors (Lipinski definition) is 5.